The van der Waals surface area contributed by atoms with Gasteiger partial charge in [-0.15, -0.1) is 11.8 Å². The summed E-state index contributed by atoms with van der Waals surface area (Å²) in [5, 5.41) is 2.79. The Kier molecular flexibility index (Phi) is 6.53. The van der Waals surface area contributed by atoms with Crippen molar-refractivity contribution in [2.75, 3.05) is 13.2 Å². The number of thioether (sulfide) groups is 1. The molecule has 0 fully saturated rings. The number of carbonyl (C=O) groups excluding carboxylic acids is 1. The van der Waals surface area contributed by atoms with Crippen molar-refractivity contribution in [2.24, 2.45) is 0 Å². The Balaban J connectivity index is 1.72. The van der Waals surface area contributed by atoms with Gasteiger partial charge in [0.05, 0.1) is 11.8 Å². The molecule has 0 radical (unpaired) electrons. The quantitative estimate of drug-likeness (QED) is 0.617. The molecule has 1 N–H and O–H groups in total. The van der Waals surface area contributed by atoms with Gasteiger partial charge in [-0.1, -0.05) is 35.9 Å². The van der Waals surface area contributed by atoms with Crippen LogP contribution in [0.15, 0.2) is 53.4 Å². The topological polar surface area (TPSA) is 38.3 Å². The molecule has 0 aliphatic rings. The number of aryl methyl sites for hydroxylation is 2. The van der Waals surface area contributed by atoms with Crippen LogP contribution in [0.25, 0.3) is 0 Å². The van der Waals surface area contributed by atoms with E-state index in [0.29, 0.717) is 13.2 Å². The van der Waals surface area contributed by atoms with E-state index in [0.717, 1.165) is 16.2 Å². The van der Waals surface area contributed by atoms with Crippen LogP contribution in [-0.4, -0.2) is 24.3 Å². The highest BCUT2D eigenvalue weighted by Gasteiger charge is 2.13. The molecular weight excluding hydrogens is 306 g/mol. The molecule has 0 saturated carbocycles. The first-order valence-electron chi connectivity index (χ1n) is 7.76. The monoisotopic (exact) mass is 329 g/mol. The molecule has 23 heavy (non-hydrogen) atoms. The predicted molar refractivity (Wildman–Crippen MR) is 96.2 cm³/mol. The van der Waals surface area contributed by atoms with Crippen molar-refractivity contribution in [2.45, 2.75) is 30.9 Å². The van der Waals surface area contributed by atoms with Crippen LogP contribution in [0.5, 0.6) is 5.75 Å². The molecule has 1 atom stereocenters. The maximum Gasteiger partial charge on any atom is 0.233 e. The summed E-state index contributed by atoms with van der Waals surface area (Å²) in [6.07, 6.45) is 0. The minimum atomic E-state index is -0.126. The normalized spacial score (nSPS) is 11.8. The first-order chi connectivity index (χ1) is 11.1. The Morgan fingerprint density at radius 3 is 2.61 bits per heavy atom. The average molecular weight is 329 g/mol. The van der Waals surface area contributed by atoms with Gasteiger partial charge < -0.3 is 10.1 Å². The number of ether oxygens (including phenoxy) is 1. The summed E-state index contributed by atoms with van der Waals surface area (Å²) in [4.78, 5) is 13.2. The highest BCUT2D eigenvalue weighted by atomic mass is 32.2. The zero-order chi connectivity index (χ0) is 16.7. The smallest absolute Gasteiger partial charge is 0.233 e. The number of benzene rings is 2. The third-order valence-electron chi connectivity index (χ3n) is 3.41. The van der Waals surface area contributed by atoms with E-state index in [4.69, 9.17) is 4.74 Å². The van der Waals surface area contributed by atoms with Gasteiger partial charge in [-0.25, -0.2) is 0 Å². The zero-order valence-electron chi connectivity index (χ0n) is 13.8. The van der Waals surface area contributed by atoms with E-state index in [1.807, 2.05) is 56.3 Å². The van der Waals surface area contributed by atoms with Gasteiger partial charge in [-0.3, -0.25) is 4.79 Å². The standard InChI is InChI=1S/C19H23NO2S/c1-14-9-10-18(15(2)13-14)22-12-11-20-19(21)16(3)23-17-7-5-4-6-8-17/h4-10,13,16H,11-12H2,1-3H3,(H,20,21)/t16-/m0/s1. The van der Waals surface area contributed by atoms with Crippen LogP contribution < -0.4 is 10.1 Å². The maximum absolute atomic E-state index is 12.1. The number of hydrogen-bond acceptors (Lipinski definition) is 3. The first-order valence-corrected chi connectivity index (χ1v) is 8.63. The van der Waals surface area contributed by atoms with Crippen LogP contribution in [0.3, 0.4) is 0 Å². The lowest BCUT2D eigenvalue weighted by atomic mass is 10.1. The van der Waals surface area contributed by atoms with Gasteiger partial charge in [0.15, 0.2) is 0 Å². The van der Waals surface area contributed by atoms with Crippen LogP contribution in [0.1, 0.15) is 18.1 Å². The fourth-order valence-electron chi connectivity index (χ4n) is 2.20. The number of hydrogen-bond donors (Lipinski definition) is 1. The van der Waals surface area contributed by atoms with Gasteiger partial charge in [0.1, 0.15) is 12.4 Å². The summed E-state index contributed by atoms with van der Waals surface area (Å²) >= 11 is 1.56. The predicted octanol–water partition coefficient (Wildman–Crippen LogP) is 3.98. The van der Waals surface area contributed by atoms with Gasteiger partial charge in [0.2, 0.25) is 5.91 Å². The number of carbonyl (C=O) groups is 1. The second-order valence-electron chi connectivity index (χ2n) is 5.48. The van der Waals surface area contributed by atoms with Crippen LogP contribution in [0, 0.1) is 13.8 Å². The second-order valence-corrected chi connectivity index (χ2v) is 6.90. The second kappa shape index (κ2) is 8.63. The minimum absolute atomic E-state index is 0.0306. The van der Waals surface area contributed by atoms with Gasteiger partial charge in [-0.2, -0.15) is 0 Å². The molecule has 2 aromatic rings. The molecule has 0 aliphatic carbocycles. The summed E-state index contributed by atoms with van der Waals surface area (Å²) in [7, 11) is 0. The van der Waals surface area contributed by atoms with Crippen LogP contribution in [-0.2, 0) is 4.79 Å². The van der Waals surface area contributed by atoms with Crippen molar-refractivity contribution < 1.29 is 9.53 Å². The third-order valence-corrected chi connectivity index (χ3v) is 4.53. The van der Waals surface area contributed by atoms with Gasteiger partial charge in [0, 0.05) is 4.90 Å². The molecule has 0 bridgehead atoms. The van der Waals surface area contributed by atoms with Crippen molar-refractivity contribution >= 4 is 17.7 Å². The SMILES string of the molecule is Cc1ccc(OCCNC(=O)[C@H](C)Sc2ccccc2)c(C)c1. The van der Waals surface area contributed by atoms with Crippen molar-refractivity contribution in [1.29, 1.82) is 0 Å². The maximum atomic E-state index is 12.1. The molecule has 0 unspecified atom stereocenters. The Morgan fingerprint density at radius 2 is 1.91 bits per heavy atom. The molecule has 1 amide bonds. The minimum Gasteiger partial charge on any atom is -0.491 e. The summed E-state index contributed by atoms with van der Waals surface area (Å²) in [5.41, 5.74) is 2.33. The van der Waals surface area contributed by atoms with E-state index < -0.39 is 0 Å². The molecule has 3 nitrogen and oxygen atoms in total. The highest BCUT2D eigenvalue weighted by Crippen LogP contribution is 2.22. The summed E-state index contributed by atoms with van der Waals surface area (Å²) in [6, 6.07) is 16.0. The van der Waals surface area contributed by atoms with E-state index in [9.17, 15) is 4.79 Å². The molecule has 2 aromatic carbocycles. The van der Waals surface area contributed by atoms with Gasteiger partial charge in [0.25, 0.3) is 0 Å². The van der Waals surface area contributed by atoms with E-state index in [-0.39, 0.29) is 11.2 Å². The fraction of sp³-hybridized carbons (Fsp3) is 0.316. The lowest BCUT2D eigenvalue weighted by Crippen LogP contribution is -2.34. The van der Waals surface area contributed by atoms with E-state index in [2.05, 4.69) is 18.3 Å². The lowest BCUT2D eigenvalue weighted by molar-refractivity contribution is -0.120. The lowest BCUT2D eigenvalue weighted by Gasteiger charge is -2.13. The van der Waals surface area contributed by atoms with Crippen molar-refractivity contribution in [3.8, 4) is 5.75 Å². The largest absolute Gasteiger partial charge is 0.491 e. The number of nitrogens with one attached hydrogen (secondary N) is 1. The van der Waals surface area contributed by atoms with Crippen molar-refractivity contribution in [3.05, 3.63) is 59.7 Å². The molecule has 2 rings (SSSR count). The highest BCUT2D eigenvalue weighted by molar-refractivity contribution is 8.00. The first kappa shape index (κ1) is 17.4. The van der Waals surface area contributed by atoms with Crippen LogP contribution in [0.4, 0.5) is 0 Å². The van der Waals surface area contributed by atoms with Crippen molar-refractivity contribution in [1.82, 2.24) is 5.32 Å². The van der Waals surface area contributed by atoms with E-state index in [1.54, 1.807) is 11.8 Å². The Morgan fingerprint density at radius 1 is 1.17 bits per heavy atom. The van der Waals surface area contributed by atoms with Crippen LogP contribution >= 0.6 is 11.8 Å². The average Bonchev–Trinajstić information content (AvgIpc) is 2.54. The van der Waals surface area contributed by atoms with Gasteiger partial charge in [-0.05, 0) is 44.5 Å². The molecule has 4 heteroatoms. The van der Waals surface area contributed by atoms with E-state index in [1.165, 1.54) is 5.56 Å². The molecule has 122 valence electrons. The summed E-state index contributed by atoms with van der Waals surface area (Å²) in [5.74, 6) is 0.902. The van der Waals surface area contributed by atoms with Crippen molar-refractivity contribution in [3.63, 3.8) is 0 Å². The Bertz CT molecular complexity index is 643. The van der Waals surface area contributed by atoms with Crippen LogP contribution in [0.2, 0.25) is 0 Å². The fourth-order valence-corrected chi connectivity index (χ4v) is 3.11. The summed E-state index contributed by atoms with van der Waals surface area (Å²) < 4.78 is 5.72. The number of amides is 1. The molecular formula is C19H23NO2S. The Hall–Kier alpha value is -1.94. The molecule has 0 saturated heterocycles. The molecule has 0 aromatic heterocycles. The molecule has 0 aliphatic heterocycles. The number of rotatable bonds is 7. The summed E-state index contributed by atoms with van der Waals surface area (Å²) in [6.45, 7) is 6.98. The van der Waals surface area contributed by atoms with E-state index >= 15 is 0 Å². The van der Waals surface area contributed by atoms with Gasteiger partial charge >= 0.3 is 0 Å². The zero-order valence-corrected chi connectivity index (χ0v) is 14.7. The third kappa shape index (κ3) is 5.64. The molecule has 0 spiro atoms. The Labute approximate surface area is 142 Å². The molecule has 0 heterocycles.